The number of hydrogen-bond donors (Lipinski definition) is 0. The zero-order valence-electron chi connectivity index (χ0n) is 24.2. The normalized spacial score (nSPS) is 10.7. The Hall–Kier alpha value is -3.80. The van der Waals surface area contributed by atoms with Crippen LogP contribution in [0.25, 0.3) is 0 Å². The molecule has 6 nitrogen and oxygen atoms in total. The third kappa shape index (κ3) is 10.1. The van der Waals surface area contributed by atoms with Crippen molar-refractivity contribution in [3.05, 3.63) is 89.5 Å². The van der Waals surface area contributed by atoms with Crippen molar-refractivity contribution < 1.29 is 23.8 Å². The van der Waals surface area contributed by atoms with Gasteiger partial charge in [0.2, 0.25) is 0 Å². The Labute approximate surface area is 239 Å². The van der Waals surface area contributed by atoms with Crippen molar-refractivity contribution in [3.8, 4) is 17.2 Å². The fraction of sp³-hybridized carbons (Fsp3) is 0.412. The number of carbonyl (C=O) groups is 2. The molecule has 0 saturated heterocycles. The molecule has 0 saturated carbocycles. The first-order chi connectivity index (χ1) is 19.5. The van der Waals surface area contributed by atoms with Crippen LogP contribution in [0, 0.1) is 0 Å². The average molecular weight is 546 g/mol. The summed E-state index contributed by atoms with van der Waals surface area (Å²) in [6, 6.07) is 21.6. The van der Waals surface area contributed by atoms with Crippen LogP contribution in [0.3, 0.4) is 0 Å². The molecular formula is C34H43NO5. The second kappa shape index (κ2) is 17.0. The molecule has 6 heteroatoms. The third-order valence-electron chi connectivity index (χ3n) is 6.77. The molecule has 0 heterocycles. The Balaban J connectivity index is 1.54. The molecule has 0 aromatic heterocycles. The lowest BCUT2D eigenvalue weighted by Crippen LogP contribution is -2.31. The Morgan fingerprint density at radius 1 is 0.650 bits per heavy atom. The van der Waals surface area contributed by atoms with E-state index in [1.807, 2.05) is 17.0 Å². The molecule has 0 bridgehead atoms. The maximum atomic E-state index is 13.3. The lowest BCUT2D eigenvalue weighted by Gasteiger charge is -2.23. The number of benzene rings is 3. The van der Waals surface area contributed by atoms with Gasteiger partial charge in [-0.1, -0.05) is 64.5 Å². The summed E-state index contributed by atoms with van der Waals surface area (Å²) in [4.78, 5) is 27.8. The second-order valence-corrected chi connectivity index (χ2v) is 9.98. The Bertz CT molecular complexity index is 1160. The molecule has 3 aromatic rings. The van der Waals surface area contributed by atoms with Crippen molar-refractivity contribution in [2.45, 2.75) is 71.8 Å². The summed E-state index contributed by atoms with van der Waals surface area (Å²) in [6.07, 6.45) is 9.03. The lowest BCUT2D eigenvalue weighted by molar-refractivity contribution is 0.0731. The molecule has 0 spiro atoms. The number of methoxy groups -OCH3 is 1. The summed E-state index contributed by atoms with van der Waals surface area (Å²) in [5, 5.41) is 0. The monoisotopic (exact) mass is 545 g/mol. The van der Waals surface area contributed by atoms with Crippen molar-refractivity contribution in [3.63, 3.8) is 0 Å². The van der Waals surface area contributed by atoms with Gasteiger partial charge >= 0.3 is 5.97 Å². The maximum absolute atomic E-state index is 13.3. The summed E-state index contributed by atoms with van der Waals surface area (Å²) in [6.45, 7) is 6.18. The van der Waals surface area contributed by atoms with Gasteiger partial charge in [-0.3, -0.25) is 4.79 Å². The van der Waals surface area contributed by atoms with Gasteiger partial charge in [0.05, 0.1) is 19.3 Å². The topological polar surface area (TPSA) is 65.1 Å². The van der Waals surface area contributed by atoms with E-state index in [0.29, 0.717) is 36.6 Å². The zero-order chi connectivity index (χ0) is 28.6. The van der Waals surface area contributed by atoms with Crippen molar-refractivity contribution >= 4 is 11.9 Å². The SMILES string of the molecule is CCCCCCCOc1ccc(C(=O)Oc2ccc(CN(CCCCC)C(=O)c3ccc(OC)cc3)cc2)cc1. The largest absolute Gasteiger partial charge is 0.497 e. The zero-order valence-corrected chi connectivity index (χ0v) is 24.2. The predicted octanol–water partition coefficient (Wildman–Crippen LogP) is 8.10. The van der Waals surface area contributed by atoms with E-state index in [1.165, 1.54) is 25.7 Å². The molecular weight excluding hydrogens is 502 g/mol. The molecule has 0 atom stereocenters. The molecule has 40 heavy (non-hydrogen) atoms. The van der Waals surface area contributed by atoms with Crippen molar-refractivity contribution in [1.29, 1.82) is 0 Å². The molecule has 0 radical (unpaired) electrons. The van der Waals surface area contributed by atoms with E-state index < -0.39 is 5.97 Å². The Morgan fingerprint density at radius 3 is 1.88 bits per heavy atom. The van der Waals surface area contributed by atoms with Crippen LogP contribution < -0.4 is 14.2 Å². The fourth-order valence-electron chi connectivity index (χ4n) is 4.35. The molecule has 0 aliphatic rings. The maximum Gasteiger partial charge on any atom is 0.343 e. The number of carbonyl (C=O) groups excluding carboxylic acids is 2. The number of nitrogens with zero attached hydrogens (tertiary/aromatic N) is 1. The highest BCUT2D eigenvalue weighted by Crippen LogP contribution is 2.20. The highest BCUT2D eigenvalue weighted by atomic mass is 16.5. The van der Waals surface area contributed by atoms with Gasteiger partial charge in [-0.15, -0.1) is 0 Å². The van der Waals surface area contributed by atoms with Crippen molar-refractivity contribution in [2.75, 3.05) is 20.3 Å². The van der Waals surface area contributed by atoms with E-state index in [4.69, 9.17) is 14.2 Å². The number of unbranched alkanes of at least 4 members (excludes halogenated alkanes) is 6. The van der Waals surface area contributed by atoms with Gasteiger partial charge < -0.3 is 19.1 Å². The van der Waals surface area contributed by atoms with Gasteiger partial charge in [0.15, 0.2) is 0 Å². The van der Waals surface area contributed by atoms with Crippen LogP contribution in [0.1, 0.15) is 91.5 Å². The molecule has 0 fully saturated rings. The third-order valence-corrected chi connectivity index (χ3v) is 6.77. The van der Waals surface area contributed by atoms with Crippen LogP contribution in [-0.2, 0) is 6.54 Å². The van der Waals surface area contributed by atoms with E-state index in [0.717, 1.165) is 42.7 Å². The first kappa shape index (κ1) is 30.7. The van der Waals surface area contributed by atoms with Gasteiger partial charge in [-0.05, 0) is 79.1 Å². The number of ether oxygens (including phenoxy) is 3. The van der Waals surface area contributed by atoms with Gasteiger partial charge in [-0.2, -0.15) is 0 Å². The van der Waals surface area contributed by atoms with Crippen LogP contribution in [0.4, 0.5) is 0 Å². The molecule has 214 valence electrons. The predicted molar refractivity (Wildman–Crippen MR) is 159 cm³/mol. The number of rotatable bonds is 17. The smallest absolute Gasteiger partial charge is 0.343 e. The standard InChI is InChI=1S/C34H43NO5/c1-4-6-8-9-11-25-39-31-22-16-29(17-23-31)34(37)40-32-18-12-27(13-19-32)26-35(24-10-7-5-2)33(36)28-14-20-30(38-3)21-15-28/h12-23H,4-11,24-26H2,1-3H3. The summed E-state index contributed by atoms with van der Waals surface area (Å²) in [5.41, 5.74) is 2.06. The summed E-state index contributed by atoms with van der Waals surface area (Å²) in [5.74, 6) is 1.49. The minimum atomic E-state index is -0.422. The number of amides is 1. The van der Waals surface area contributed by atoms with Crippen LogP contribution >= 0.6 is 0 Å². The highest BCUT2D eigenvalue weighted by molar-refractivity contribution is 5.94. The van der Waals surface area contributed by atoms with Crippen LogP contribution in [0.2, 0.25) is 0 Å². The second-order valence-electron chi connectivity index (χ2n) is 9.98. The summed E-state index contributed by atoms with van der Waals surface area (Å²) in [7, 11) is 1.61. The van der Waals surface area contributed by atoms with Crippen molar-refractivity contribution in [1.82, 2.24) is 4.90 Å². The van der Waals surface area contributed by atoms with Crippen molar-refractivity contribution in [2.24, 2.45) is 0 Å². The van der Waals surface area contributed by atoms with E-state index >= 15 is 0 Å². The van der Waals surface area contributed by atoms with E-state index in [9.17, 15) is 9.59 Å². The van der Waals surface area contributed by atoms with Gasteiger partial charge in [0.25, 0.3) is 5.91 Å². The van der Waals surface area contributed by atoms with Crippen LogP contribution in [0.5, 0.6) is 17.2 Å². The molecule has 0 N–H and O–H groups in total. The van der Waals surface area contributed by atoms with Gasteiger partial charge in [-0.25, -0.2) is 4.79 Å². The molecule has 0 aliphatic heterocycles. The quantitative estimate of drug-likeness (QED) is 0.0974. The summed E-state index contributed by atoms with van der Waals surface area (Å²) < 4.78 is 16.6. The Morgan fingerprint density at radius 2 is 1.23 bits per heavy atom. The van der Waals surface area contributed by atoms with Gasteiger partial charge in [0.1, 0.15) is 17.2 Å². The van der Waals surface area contributed by atoms with E-state index in [-0.39, 0.29) is 5.91 Å². The highest BCUT2D eigenvalue weighted by Gasteiger charge is 2.17. The minimum absolute atomic E-state index is 0.0156. The van der Waals surface area contributed by atoms with E-state index in [2.05, 4.69) is 13.8 Å². The summed E-state index contributed by atoms with van der Waals surface area (Å²) >= 11 is 0. The first-order valence-corrected chi connectivity index (χ1v) is 14.5. The average Bonchev–Trinajstić information content (AvgIpc) is 2.99. The molecule has 3 aromatic carbocycles. The van der Waals surface area contributed by atoms with Crippen LogP contribution in [0.15, 0.2) is 72.8 Å². The number of esters is 1. The fourth-order valence-corrected chi connectivity index (χ4v) is 4.35. The molecule has 0 aliphatic carbocycles. The minimum Gasteiger partial charge on any atom is -0.497 e. The lowest BCUT2D eigenvalue weighted by atomic mass is 10.1. The van der Waals surface area contributed by atoms with Gasteiger partial charge in [0, 0.05) is 18.7 Å². The Kier molecular flexibility index (Phi) is 13.1. The molecule has 3 rings (SSSR count). The molecule has 1 amide bonds. The number of hydrogen-bond acceptors (Lipinski definition) is 5. The molecule has 0 unspecified atom stereocenters. The van der Waals surface area contributed by atoms with Crippen LogP contribution in [-0.4, -0.2) is 37.0 Å². The van der Waals surface area contributed by atoms with E-state index in [1.54, 1.807) is 67.8 Å². The first-order valence-electron chi connectivity index (χ1n) is 14.5.